The Labute approximate surface area is 295 Å². The molecule has 266 valence electrons. The van der Waals surface area contributed by atoms with Crippen molar-refractivity contribution < 1.29 is 22.4 Å². The molecule has 5 aromatic rings. The van der Waals surface area contributed by atoms with Crippen molar-refractivity contribution in [3.05, 3.63) is 124 Å². The lowest BCUT2D eigenvalue weighted by atomic mass is 9.85. The first-order valence-corrected chi connectivity index (χ1v) is 17.0. The normalized spacial score (nSPS) is 16.1. The van der Waals surface area contributed by atoms with E-state index in [2.05, 4.69) is 37.5 Å². The Morgan fingerprint density at radius 3 is 2.14 bits per heavy atom. The van der Waals surface area contributed by atoms with Crippen LogP contribution in [0.15, 0.2) is 102 Å². The first-order chi connectivity index (χ1) is 24.3. The number of amides is 1. The van der Waals surface area contributed by atoms with Crippen LogP contribution in [-0.4, -0.2) is 62.7 Å². The van der Waals surface area contributed by atoms with Crippen LogP contribution in [0.5, 0.6) is 0 Å². The second kappa shape index (κ2) is 15.6. The molecule has 2 heterocycles. The molecule has 0 saturated heterocycles. The molecule has 51 heavy (non-hydrogen) atoms. The van der Waals surface area contributed by atoms with Crippen LogP contribution in [0.2, 0.25) is 0 Å². The SMILES string of the molecule is CC[N+](C)(C)CC1CCC(NC(=O)n2c(-c3ccnn3-c3ccc(C#N)cc3)c(C)n(-c3cccc(C(F)(F)F)c3)c2=O)CC1.c1ccccc1. The van der Waals surface area contributed by atoms with E-state index in [-0.39, 0.29) is 23.1 Å². The zero-order valence-corrected chi connectivity index (χ0v) is 29.3. The fraction of sp³-hybridized carbons (Fsp3) is 0.333. The van der Waals surface area contributed by atoms with Gasteiger partial charge in [0.15, 0.2) is 0 Å². The Bertz CT molecular complexity index is 2000. The molecule has 0 bridgehead atoms. The lowest BCUT2D eigenvalue weighted by Crippen LogP contribution is -2.47. The number of halogens is 3. The summed E-state index contributed by atoms with van der Waals surface area (Å²) in [6.45, 7) is 5.85. The fourth-order valence-electron chi connectivity index (χ4n) is 6.53. The molecule has 1 aliphatic rings. The van der Waals surface area contributed by atoms with Gasteiger partial charge in [0.25, 0.3) is 0 Å². The van der Waals surface area contributed by atoms with Crippen LogP contribution in [0.25, 0.3) is 22.8 Å². The lowest BCUT2D eigenvalue weighted by Gasteiger charge is -2.36. The molecule has 9 nitrogen and oxygen atoms in total. The van der Waals surface area contributed by atoms with E-state index >= 15 is 0 Å². The third-order valence-corrected chi connectivity index (χ3v) is 9.49. The molecule has 0 unspecified atom stereocenters. The molecule has 0 spiro atoms. The largest absolute Gasteiger partial charge is 0.416 e. The van der Waals surface area contributed by atoms with Crippen molar-refractivity contribution in [2.24, 2.45) is 5.92 Å². The number of hydrogen-bond donors (Lipinski definition) is 1. The minimum Gasteiger partial charge on any atom is -0.335 e. The Morgan fingerprint density at radius 2 is 1.57 bits per heavy atom. The van der Waals surface area contributed by atoms with Gasteiger partial charge in [-0.15, -0.1) is 0 Å². The maximum absolute atomic E-state index is 14.0. The van der Waals surface area contributed by atoms with Crippen LogP contribution >= 0.6 is 0 Å². The predicted octanol–water partition coefficient (Wildman–Crippen LogP) is 7.59. The molecule has 1 amide bonds. The monoisotopic (exact) mass is 698 g/mol. The van der Waals surface area contributed by atoms with Gasteiger partial charge in [0.2, 0.25) is 0 Å². The van der Waals surface area contributed by atoms with Crippen molar-refractivity contribution in [1.82, 2.24) is 24.2 Å². The molecule has 6 rings (SSSR count). The number of aromatic nitrogens is 4. The first kappa shape index (κ1) is 36.9. The Hall–Kier alpha value is -5.41. The number of nitrogens with one attached hydrogen (secondary N) is 1. The van der Waals surface area contributed by atoms with Gasteiger partial charge in [-0.25, -0.2) is 18.8 Å². The Kier molecular flexibility index (Phi) is 11.3. The molecule has 1 saturated carbocycles. The molecule has 1 fully saturated rings. The van der Waals surface area contributed by atoms with Gasteiger partial charge >= 0.3 is 17.9 Å². The third-order valence-electron chi connectivity index (χ3n) is 9.49. The van der Waals surface area contributed by atoms with Crippen LogP contribution in [0.1, 0.15) is 49.4 Å². The third kappa shape index (κ3) is 8.67. The second-order valence-corrected chi connectivity index (χ2v) is 13.5. The smallest absolute Gasteiger partial charge is 0.335 e. The lowest BCUT2D eigenvalue weighted by molar-refractivity contribution is -0.892. The number of alkyl halides is 3. The van der Waals surface area contributed by atoms with Gasteiger partial charge in [0.1, 0.15) is 5.69 Å². The van der Waals surface area contributed by atoms with Crippen molar-refractivity contribution >= 4 is 6.03 Å². The number of carbonyl (C=O) groups excluding carboxylic acids is 1. The second-order valence-electron chi connectivity index (χ2n) is 13.5. The van der Waals surface area contributed by atoms with Crippen LogP contribution < -0.4 is 11.0 Å². The summed E-state index contributed by atoms with van der Waals surface area (Å²) in [6, 6.07) is 26.0. The number of quaternary nitrogens is 1. The number of hydrogen-bond acceptors (Lipinski definition) is 4. The summed E-state index contributed by atoms with van der Waals surface area (Å²) in [6.07, 6.45) is 0.323. The summed E-state index contributed by atoms with van der Waals surface area (Å²) in [5.41, 5.74) is 0.173. The minimum absolute atomic E-state index is 0.0123. The molecule has 1 aliphatic carbocycles. The highest BCUT2D eigenvalue weighted by Gasteiger charge is 2.33. The van der Waals surface area contributed by atoms with E-state index in [1.54, 1.807) is 37.3 Å². The van der Waals surface area contributed by atoms with Crippen molar-refractivity contribution in [2.45, 2.75) is 51.7 Å². The Morgan fingerprint density at radius 1 is 0.941 bits per heavy atom. The summed E-state index contributed by atoms with van der Waals surface area (Å²) in [4.78, 5) is 28.0. The molecular formula is C39H43F3N7O2+. The van der Waals surface area contributed by atoms with Crippen molar-refractivity contribution in [1.29, 1.82) is 5.26 Å². The fourth-order valence-corrected chi connectivity index (χ4v) is 6.53. The zero-order chi connectivity index (χ0) is 36.8. The van der Waals surface area contributed by atoms with Crippen LogP contribution in [0, 0.1) is 24.2 Å². The number of nitrogens with zero attached hydrogens (tertiary/aromatic N) is 6. The number of benzene rings is 3. The summed E-state index contributed by atoms with van der Waals surface area (Å²) >= 11 is 0. The highest BCUT2D eigenvalue weighted by molar-refractivity contribution is 5.83. The molecule has 12 heteroatoms. The van der Waals surface area contributed by atoms with E-state index in [9.17, 15) is 28.0 Å². The van der Waals surface area contributed by atoms with Crippen molar-refractivity contribution in [3.63, 3.8) is 0 Å². The summed E-state index contributed by atoms with van der Waals surface area (Å²) in [5, 5.41) is 16.7. The van der Waals surface area contributed by atoms with E-state index in [0.717, 1.165) is 64.5 Å². The van der Waals surface area contributed by atoms with Gasteiger partial charge in [-0.1, -0.05) is 42.5 Å². The predicted molar refractivity (Wildman–Crippen MR) is 191 cm³/mol. The summed E-state index contributed by atoms with van der Waals surface area (Å²) in [7, 11) is 4.42. The average Bonchev–Trinajstić information content (AvgIpc) is 3.71. The van der Waals surface area contributed by atoms with E-state index in [1.165, 1.54) is 23.0 Å². The number of imidazole rings is 1. The quantitative estimate of drug-likeness (QED) is 0.177. The highest BCUT2D eigenvalue weighted by Crippen LogP contribution is 2.32. The zero-order valence-electron chi connectivity index (χ0n) is 29.3. The highest BCUT2D eigenvalue weighted by atomic mass is 19.4. The maximum Gasteiger partial charge on any atom is 0.416 e. The van der Waals surface area contributed by atoms with Gasteiger partial charge in [-0.2, -0.15) is 23.5 Å². The minimum atomic E-state index is -4.62. The maximum atomic E-state index is 14.0. The molecular weight excluding hydrogens is 655 g/mol. The molecule has 3 aromatic carbocycles. The van der Waals surface area contributed by atoms with Crippen molar-refractivity contribution in [2.75, 3.05) is 27.2 Å². The average molecular weight is 699 g/mol. The van der Waals surface area contributed by atoms with E-state index in [1.807, 2.05) is 36.4 Å². The standard InChI is InChI=1S/C33H36F3N7O2.C6H6/c1-5-43(3,4)21-24-9-13-26(14-10-24)39-31(44)41-30(29-17-18-38-42(29)27-15-11-23(20-37)12-16-27)22(2)40(32(41)45)28-8-6-7-25(19-28)33(34,35)36;1-2-4-6-5-3-1/h6-8,11-12,15-19,24,26H,5,9-10,13-14,21H2,1-4H3;1-6H/p+1. The Balaban J connectivity index is 0.000000761. The van der Waals surface area contributed by atoms with Gasteiger partial charge in [-0.3, -0.25) is 4.57 Å². The topological polar surface area (TPSA) is 97.6 Å². The number of rotatable bonds is 7. The van der Waals surface area contributed by atoms with Gasteiger partial charge in [0.05, 0.1) is 73.3 Å². The molecule has 2 aromatic heterocycles. The van der Waals surface area contributed by atoms with E-state index in [0.29, 0.717) is 22.9 Å². The number of nitriles is 1. The van der Waals surface area contributed by atoms with Crippen molar-refractivity contribution in [3.8, 4) is 28.8 Å². The van der Waals surface area contributed by atoms with Gasteiger partial charge in [0, 0.05) is 12.0 Å². The van der Waals surface area contributed by atoms with Crippen LogP contribution in [0.4, 0.5) is 18.0 Å². The number of carbonyl (C=O) groups is 1. The molecule has 0 radical (unpaired) electrons. The van der Waals surface area contributed by atoms with E-state index < -0.39 is 23.5 Å². The van der Waals surface area contributed by atoms with Crippen LogP contribution in [-0.2, 0) is 6.18 Å². The molecule has 0 aliphatic heterocycles. The van der Waals surface area contributed by atoms with E-state index in [4.69, 9.17) is 0 Å². The van der Waals surface area contributed by atoms with Gasteiger partial charge < -0.3 is 9.80 Å². The summed E-state index contributed by atoms with van der Waals surface area (Å²) < 4.78 is 45.5. The van der Waals surface area contributed by atoms with Gasteiger partial charge in [-0.05, 0) is 88.1 Å². The summed E-state index contributed by atoms with van der Waals surface area (Å²) in [5.74, 6) is 0.539. The van der Waals surface area contributed by atoms with Crippen LogP contribution in [0.3, 0.4) is 0 Å². The molecule has 0 atom stereocenters. The first-order valence-electron chi connectivity index (χ1n) is 17.0. The molecule has 1 N–H and O–H groups in total.